The van der Waals surface area contributed by atoms with Crippen molar-refractivity contribution in [2.45, 2.75) is 82.9 Å². The number of benzene rings is 5. The maximum absolute atomic E-state index is 15.5. The molecule has 6 aliphatic rings. The molecular formula is C61H51F3N4OS. The van der Waals surface area contributed by atoms with Crippen LogP contribution in [-0.2, 0) is 16.8 Å². The van der Waals surface area contributed by atoms with E-state index in [1.165, 1.54) is 80.7 Å². The van der Waals surface area contributed by atoms with Gasteiger partial charge in [-0.3, -0.25) is 0 Å². The molecule has 0 amide bonds. The van der Waals surface area contributed by atoms with Gasteiger partial charge in [0.05, 0.1) is 0 Å². The number of nitrogens with zero attached hydrogens (tertiary/aromatic N) is 4. The van der Waals surface area contributed by atoms with Crippen molar-refractivity contribution in [3.8, 4) is 18.2 Å². The minimum Gasteiger partial charge on any atom is -0.465 e. The number of aryl methyl sites for hydroxylation is 1. The third kappa shape index (κ3) is 7.99. The molecular weight excluding hydrogens is 894 g/mol. The summed E-state index contributed by atoms with van der Waals surface area (Å²) in [4.78, 5) is 3.59. The number of ether oxygens (including phenoxy) is 1. The highest BCUT2D eigenvalue weighted by Crippen LogP contribution is 2.58. The highest BCUT2D eigenvalue weighted by Gasteiger charge is 2.65. The highest BCUT2D eigenvalue weighted by molar-refractivity contribution is 8.03. The number of anilines is 2. The maximum atomic E-state index is 15.5. The van der Waals surface area contributed by atoms with Crippen LogP contribution in [0.3, 0.4) is 0 Å². The van der Waals surface area contributed by atoms with Crippen molar-refractivity contribution in [2.75, 3.05) is 17.2 Å². The number of fused-ring (bicyclic) bond motifs is 1. The number of hydrogen-bond donors (Lipinski definition) is 0. The molecule has 0 saturated carbocycles. The molecule has 0 fully saturated rings. The monoisotopic (exact) mass is 944 g/mol. The van der Waals surface area contributed by atoms with Gasteiger partial charge in [0.15, 0.2) is 11.3 Å². The van der Waals surface area contributed by atoms with E-state index in [0.717, 1.165) is 66.0 Å². The molecule has 348 valence electrons. The first-order chi connectivity index (χ1) is 33.9. The molecule has 11 rings (SSSR count). The topological polar surface area (TPSA) is 83.8 Å². The van der Waals surface area contributed by atoms with E-state index in [2.05, 4.69) is 123 Å². The quantitative estimate of drug-likeness (QED) is 0.100. The first-order valence-electron chi connectivity index (χ1n) is 24.1. The van der Waals surface area contributed by atoms with Crippen LogP contribution in [0, 0.1) is 39.4 Å². The van der Waals surface area contributed by atoms with Crippen LogP contribution in [0.25, 0.3) is 6.08 Å². The SMILES string of the molecule is CCCCSC1=C(/C=C/c2ccc3c(c2)CCCN3c2ccc3c(c2)C2c4ccccc4C3c3ccccc32)CC(C)(C)C/C1=C\C=C\C1=C(C#N)C(=C(C#N)C#N)OC1(c1ccccc1)C(F)(F)F. The van der Waals surface area contributed by atoms with Crippen molar-refractivity contribution in [2.24, 2.45) is 5.41 Å². The van der Waals surface area contributed by atoms with E-state index in [4.69, 9.17) is 4.74 Å². The number of unbranched alkanes of at least 4 members (excludes halogenated alkanes) is 1. The first-order valence-corrected chi connectivity index (χ1v) is 25.0. The molecule has 2 aliphatic heterocycles. The summed E-state index contributed by atoms with van der Waals surface area (Å²) in [5.74, 6) is 0.652. The lowest BCUT2D eigenvalue weighted by Gasteiger charge is -2.43. The number of alkyl halides is 3. The lowest BCUT2D eigenvalue weighted by molar-refractivity contribution is -0.249. The number of nitriles is 3. The fourth-order valence-electron chi connectivity index (χ4n) is 11.4. The Hall–Kier alpha value is -7.25. The molecule has 2 heterocycles. The van der Waals surface area contributed by atoms with Crippen LogP contribution in [0.5, 0.6) is 0 Å². The molecule has 1 unspecified atom stereocenters. The Bertz CT molecular complexity index is 3200. The lowest BCUT2D eigenvalue weighted by atomic mass is 9.61. The van der Waals surface area contributed by atoms with Gasteiger partial charge in [0.1, 0.15) is 23.8 Å². The Balaban J connectivity index is 0.985. The van der Waals surface area contributed by atoms with Crippen LogP contribution in [0.15, 0.2) is 178 Å². The predicted octanol–water partition coefficient (Wildman–Crippen LogP) is 15.5. The highest BCUT2D eigenvalue weighted by atomic mass is 32.2. The van der Waals surface area contributed by atoms with Gasteiger partial charge in [0, 0.05) is 45.8 Å². The van der Waals surface area contributed by atoms with E-state index in [1.54, 1.807) is 36.0 Å². The molecule has 0 saturated heterocycles. The van der Waals surface area contributed by atoms with Crippen molar-refractivity contribution in [1.82, 2.24) is 0 Å². The number of halogens is 3. The predicted molar refractivity (Wildman–Crippen MR) is 273 cm³/mol. The van der Waals surface area contributed by atoms with Crippen LogP contribution in [0.4, 0.5) is 24.5 Å². The lowest BCUT2D eigenvalue weighted by Crippen LogP contribution is -2.43. The fourth-order valence-corrected chi connectivity index (χ4v) is 12.7. The van der Waals surface area contributed by atoms with Gasteiger partial charge >= 0.3 is 6.18 Å². The summed E-state index contributed by atoms with van der Waals surface area (Å²) < 4.78 is 52.2. The van der Waals surface area contributed by atoms with Gasteiger partial charge in [0.25, 0.3) is 5.60 Å². The van der Waals surface area contributed by atoms with Gasteiger partial charge in [0.2, 0.25) is 0 Å². The molecule has 0 N–H and O–H groups in total. The smallest absolute Gasteiger partial charge is 0.437 e. The van der Waals surface area contributed by atoms with Gasteiger partial charge in [-0.2, -0.15) is 29.0 Å². The molecule has 5 nitrogen and oxygen atoms in total. The molecule has 1 atom stereocenters. The normalized spacial score (nSPS) is 21.5. The van der Waals surface area contributed by atoms with E-state index in [0.29, 0.717) is 6.42 Å². The molecule has 0 radical (unpaired) electrons. The molecule has 0 aromatic heterocycles. The molecule has 0 spiro atoms. The van der Waals surface area contributed by atoms with E-state index >= 15 is 13.2 Å². The van der Waals surface area contributed by atoms with Crippen molar-refractivity contribution < 1.29 is 17.9 Å². The Morgan fingerprint density at radius 1 is 0.786 bits per heavy atom. The molecule has 5 aromatic rings. The van der Waals surface area contributed by atoms with Crippen molar-refractivity contribution in [1.29, 1.82) is 15.8 Å². The van der Waals surface area contributed by atoms with Crippen molar-refractivity contribution in [3.05, 3.63) is 228 Å². The Morgan fingerprint density at radius 3 is 2.09 bits per heavy atom. The second kappa shape index (κ2) is 18.6. The summed E-state index contributed by atoms with van der Waals surface area (Å²) >= 11 is 1.77. The third-order valence-corrected chi connectivity index (χ3v) is 15.7. The zero-order chi connectivity index (χ0) is 48.8. The summed E-state index contributed by atoms with van der Waals surface area (Å²) in [6, 6.07) is 43.9. The number of allylic oxidation sites excluding steroid dienone is 7. The van der Waals surface area contributed by atoms with Gasteiger partial charge in [-0.05, 0) is 123 Å². The van der Waals surface area contributed by atoms with Gasteiger partial charge < -0.3 is 9.64 Å². The molecule has 70 heavy (non-hydrogen) atoms. The summed E-state index contributed by atoms with van der Waals surface area (Å²) in [6.07, 6.45) is 9.56. The largest absolute Gasteiger partial charge is 0.465 e. The van der Waals surface area contributed by atoms with E-state index in [1.807, 2.05) is 12.1 Å². The van der Waals surface area contributed by atoms with Gasteiger partial charge in [-0.1, -0.05) is 149 Å². The van der Waals surface area contributed by atoms with Crippen LogP contribution in [-0.4, -0.2) is 18.5 Å². The van der Waals surface area contributed by atoms with Crippen LogP contribution in [0.2, 0.25) is 0 Å². The average Bonchev–Trinajstić information content (AvgIpc) is 3.71. The van der Waals surface area contributed by atoms with Crippen molar-refractivity contribution in [3.63, 3.8) is 0 Å². The molecule has 9 heteroatoms. The van der Waals surface area contributed by atoms with E-state index in [-0.39, 0.29) is 22.8 Å². The first kappa shape index (κ1) is 46.5. The zero-order valence-electron chi connectivity index (χ0n) is 39.4. The molecule has 4 aliphatic carbocycles. The Morgan fingerprint density at radius 2 is 1.44 bits per heavy atom. The summed E-state index contributed by atoms with van der Waals surface area (Å²) in [5, 5.41) is 29.8. The standard InChI is InChI=1S/C61H51F3N4OS/c1-4-5-31-70-58-41(15-13-23-53-52(38-67)57(43(36-65)37-66)69-60(53,61(62,63)64)44-17-7-6-8-18-44)34-59(2,3)35-42(58)26-24-39-25-29-54-40(32-39)16-14-30-68(54)45-27-28-50-51(33-45)56-48-21-11-9-19-46(48)55(50)47-20-10-12-22-49(47)56/h6-13,15,17-29,32-33,55-56H,4-5,14,16,30-31,34-35H2,1-3H3/b23-13+,26-24+,41-15+. The van der Waals surface area contributed by atoms with Crippen LogP contribution in [0.1, 0.15) is 115 Å². The summed E-state index contributed by atoms with van der Waals surface area (Å²) in [7, 11) is 0. The van der Waals surface area contributed by atoms with Crippen LogP contribution < -0.4 is 4.90 Å². The third-order valence-electron chi connectivity index (χ3n) is 14.4. The fraction of sp³-hybridized carbons (Fsp3) is 0.262. The maximum Gasteiger partial charge on any atom is 0.437 e. The number of thioether (sulfide) groups is 1. The van der Waals surface area contributed by atoms with Crippen molar-refractivity contribution >= 4 is 29.2 Å². The Kier molecular flexibility index (Phi) is 12.3. The number of hydrogen-bond acceptors (Lipinski definition) is 6. The van der Waals surface area contributed by atoms with Crippen LogP contribution >= 0.6 is 11.8 Å². The molecule has 2 bridgehead atoms. The average molecular weight is 945 g/mol. The second-order valence-corrected chi connectivity index (χ2v) is 20.6. The summed E-state index contributed by atoms with van der Waals surface area (Å²) in [5.41, 5.74) is 10.2. The minimum atomic E-state index is -5.07. The Labute approximate surface area is 412 Å². The minimum absolute atomic E-state index is 0.166. The number of rotatable bonds is 10. The van der Waals surface area contributed by atoms with Gasteiger partial charge in [-0.15, -0.1) is 11.8 Å². The van der Waals surface area contributed by atoms with E-state index in [9.17, 15) is 15.8 Å². The molecule has 5 aromatic carbocycles. The zero-order valence-corrected chi connectivity index (χ0v) is 40.2. The summed E-state index contributed by atoms with van der Waals surface area (Å²) in [6.45, 7) is 7.50. The van der Waals surface area contributed by atoms with E-state index < -0.39 is 34.3 Å². The van der Waals surface area contributed by atoms with Gasteiger partial charge in [-0.25, -0.2) is 0 Å². The second-order valence-electron chi connectivity index (χ2n) is 19.5.